The molecule has 2 rings (SSSR count). The van der Waals surface area contributed by atoms with Gasteiger partial charge in [0, 0.05) is 5.92 Å². The van der Waals surface area contributed by atoms with Gasteiger partial charge in [-0.15, -0.1) is 0 Å². The van der Waals surface area contributed by atoms with E-state index in [1.807, 2.05) is 13.8 Å². The summed E-state index contributed by atoms with van der Waals surface area (Å²) in [6, 6.07) is 6.81. The number of carbonyl (C=O) groups excluding carboxylic acids is 1. The summed E-state index contributed by atoms with van der Waals surface area (Å²) in [4.78, 5) is 24.2. The van der Waals surface area contributed by atoms with Gasteiger partial charge in [0.1, 0.15) is 11.3 Å². The molecular formula is C18H22O5. The average molecular weight is 318 g/mol. The van der Waals surface area contributed by atoms with Crippen LogP contribution in [-0.4, -0.2) is 17.7 Å². The van der Waals surface area contributed by atoms with Crippen molar-refractivity contribution < 1.29 is 19.1 Å². The molecule has 23 heavy (non-hydrogen) atoms. The third-order valence-electron chi connectivity index (χ3n) is 3.70. The molecule has 0 saturated heterocycles. The summed E-state index contributed by atoms with van der Waals surface area (Å²) < 4.78 is 10.3. The number of hydrogen-bond acceptors (Lipinski definition) is 5. The van der Waals surface area contributed by atoms with Crippen LogP contribution in [0.4, 0.5) is 0 Å². The summed E-state index contributed by atoms with van der Waals surface area (Å²) in [5.41, 5.74) is -0.111. The van der Waals surface area contributed by atoms with Gasteiger partial charge in [0.25, 0.3) is 0 Å². The van der Waals surface area contributed by atoms with Crippen LogP contribution in [-0.2, 0) is 9.53 Å². The van der Waals surface area contributed by atoms with Crippen LogP contribution in [0.15, 0.2) is 33.5 Å². The molecule has 0 saturated carbocycles. The topological polar surface area (TPSA) is 76.7 Å². The van der Waals surface area contributed by atoms with Gasteiger partial charge in [0.2, 0.25) is 0 Å². The molecule has 5 heteroatoms. The molecule has 2 aromatic rings. The highest BCUT2D eigenvalue weighted by Gasteiger charge is 2.26. The number of ether oxygens (including phenoxy) is 1. The molecule has 0 aliphatic heterocycles. The summed E-state index contributed by atoms with van der Waals surface area (Å²) in [5.74, 6) is -0.675. The Morgan fingerprint density at radius 2 is 2.00 bits per heavy atom. The zero-order chi connectivity index (χ0) is 17.0. The molecule has 0 bridgehead atoms. The average Bonchev–Trinajstić information content (AvgIpc) is 2.46. The van der Waals surface area contributed by atoms with Crippen LogP contribution in [0.5, 0.6) is 5.75 Å². The van der Waals surface area contributed by atoms with E-state index in [1.165, 1.54) is 0 Å². The number of esters is 1. The predicted octanol–water partition coefficient (Wildman–Crippen LogP) is 3.58. The molecule has 1 aromatic heterocycles. The molecule has 0 spiro atoms. The van der Waals surface area contributed by atoms with Crippen LogP contribution in [0.1, 0.15) is 45.1 Å². The molecule has 124 valence electrons. The van der Waals surface area contributed by atoms with Crippen LogP contribution in [0.2, 0.25) is 0 Å². The lowest BCUT2D eigenvalue weighted by Gasteiger charge is -2.19. The van der Waals surface area contributed by atoms with E-state index in [4.69, 9.17) is 9.15 Å². The van der Waals surface area contributed by atoms with E-state index in [0.29, 0.717) is 17.4 Å². The van der Waals surface area contributed by atoms with Crippen molar-refractivity contribution in [1.29, 1.82) is 0 Å². The van der Waals surface area contributed by atoms with Crippen molar-refractivity contribution in [3.8, 4) is 5.75 Å². The minimum atomic E-state index is -0.601. The summed E-state index contributed by atoms with van der Waals surface area (Å²) in [5, 5.41) is 11.0. The lowest BCUT2D eigenvalue weighted by atomic mass is 9.87. The van der Waals surface area contributed by atoms with Crippen molar-refractivity contribution >= 4 is 16.9 Å². The Bertz CT molecular complexity index is 745. The molecule has 0 amide bonds. The van der Waals surface area contributed by atoms with E-state index in [1.54, 1.807) is 31.2 Å². The van der Waals surface area contributed by atoms with E-state index < -0.39 is 11.5 Å². The maximum absolute atomic E-state index is 12.3. The van der Waals surface area contributed by atoms with Gasteiger partial charge in [0.05, 0.1) is 24.0 Å². The van der Waals surface area contributed by atoms with Gasteiger partial charge in [-0.25, -0.2) is 4.79 Å². The highest BCUT2D eigenvalue weighted by atomic mass is 16.5. The number of benzene rings is 1. The van der Waals surface area contributed by atoms with Crippen LogP contribution in [0, 0.1) is 5.92 Å². The molecule has 5 nitrogen and oxygen atoms in total. The zero-order valence-corrected chi connectivity index (χ0v) is 13.7. The molecule has 1 unspecified atom stereocenters. The number of hydrogen-bond donors (Lipinski definition) is 1. The van der Waals surface area contributed by atoms with E-state index in [-0.39, 0.29) is 36.2 Å². The van der Waals surface area contributed by atoms with Crippen molar-refractivity contribution in [3.05, 3.63) is 40.2 Å². The lowest BCUT2D eigenvalue weighted by Crippen LogP contribution is -2.19. The molecule has 0 aliphatic carbocycles. The Morgan fingerprint density at radius 3 is 2.65 bits per heavy atom. The van der Waals surface area contributed by atoms with Crippen molar-refractivity contribution in [2.45, 2.75) is 39.5 Å². The first-order chi connectivity index (χ1) is 10.9. The molecule has 1 heterocycles. The SMILES string of the molecule is CCOC(=O)CC(CC(C)C)c1c(O)c2ccccc2oc1=O. The summed E-state index contributed by atoms with van der Waals surface area (Å²) in [6.07, 6.45) is 0.623. The standard InChI is InChI=1S/C18H22O5/c1-4-22-15(19)10-12(9-11(2)3)16-17(20)13-7-5-6-8-14(13)23-18(16)21/h5-8,11-12,20H,4,9-10H2,1-3H3. The second-order valence-corrected chi connectivity index (χ2v) is 5.98. The predicted molar refractivity (Wildman–Crippen MR) is 87.6 cm³/mol. The van der Waals surface area contributed by atoms with Crippen LogP contribution >= 0.6 is 0 Å². The Kier molecular flexibility index (Phi) is 5.42. The van der Waals surface area contributed by atoms with E-state index in [2.05, 4.69) is 0 Å². The number of rotatable bonds is 6. The molecule has 0 fully saturated rings. The monoisotopic (exact) mass is 318 g/mol. The quantitative estimate of drug-likeness (QED) is 0.650. The third-order valence-corrected chi connectivity index (χ3v) is 3.70. The fourth-order valence-corrected chi connectivity index (χ4v) is 2.80. The minimum absolute atomic E-state index is 0.0443. The fourth-order valence-electron chi connectivity index (χ4n) is 2.80. The van der Waals surface area contributed by atoms with E-state index in [0.717, 1.165) is 0 Å². The fraction of sp³-hybridized carbons (Fsp3) is 0.444. The first kappa shape index (κ1) is 17.1. The largest absolute Gasteiger partial charge is 0.507 e. The number of aromatic hydroxyl groups is 1. The van der Waals surface area contributed by atoms with Crippen LogP contribution < -0.4 is 5.63 Å². The maximum atomic E-state index is 12.3. The Labute approximate surface area is 134 Å². The molecule has 0 aliphatic rings. The van der Waals surface area contributed by atoms with Crippen molar-refractivity contribution in [1.82, 2.24) is 0 Å². The van der Waals surface area contributed by atoms with Gasteiger partial charge in [-0.1, -0.05) is 26.0 Å². The summed E-state index contributed by atoms with van der Waals surface area (Å²) >= 11 is 0. The number of para-hydroxylation sites is 1. The number of fused-ring (bicyclic) bond motifs is 1. The lowest BCUT2D eigenvalue weighted by molar-refractivity contribution is -0.143. The molecule has 0 radical (unpaired) electrons. The highest BCUT2D eigenvalue weighted by Crippen LogP contribution is 2.35. The smallest absolute Gasteiger partial charge is 0.343 e. The first-order valence-electron chi connectivity index (χ1n) is 7.84. The molecule has 1 N–H and O–H groups in total. The first-order valence-corrected chi connectivity index (χ1v) is 7.84. The molecule has 1 atom stereocenters. The van der Waals surface area contributed by atoms with Gasteiger partial charge >= 0.3 is 11.6 Å². The minimum Gasteiger partial charge on any atom is -0.507 e. The van der Waals surface area contributed by atoms with E-state index >= 15 is 0 Å². The van der Waals surface area contributed by atoms with Gasteiger partial charge in [-0.3, -0.25) is 4.79 Å². The Balaban J connectivity index is 2.51. The van der Waals surface area contributed by atoms with Gasteiger partial charge < -0.3 is 14.3 Å². The second kappa shape index (κ2) is 7.31. The van der Waals surface area contributed by atoms with Crippen LogP contribution in [0.25, 0.3) is 11.0 Å². The van der Waals surface area contributed by atoms with E-state index in [9.17, 15) is 14.7 Å². The Hall–Kier alpha value is -2.30. The summed E-state index contributed by atoms with van der Waals surface area (Å²) in [7, 11) is 0. The zero-order valence-electron chi connectivity index (χ0n) is 13.7. The van der Waals surface area contributed by atoms with Crippen molar-refractivity contribution in [2.24, 2.45) is 5.92 Å². The van der Waals surface area contributed by atoms with Gasteiger partial charge in [0.15, 0.2) is 0 Å². The van der Waals surface area contributed by atoms with Crippen LogP contribution in [0.3, 0.4) is 0 Å². The van der Waals surface area contributed by atoms with Crippen molar-refractivity contribution in [2.75, 3.05) is 6.61 Å². The third kappa shape index (κ3) is 3.92. The summed E-state index contributed by atoms with van der Waals surface area (Å²) in [6.45, 7) is 6.01. The maximum Gasteiger partial charge on any atom is 0.343 e. The van der Waals surface area contributed by atoms with Crippen molar-refractivity contribution in [3.63, 3.8) is 0 Å². The molecular weight excluding hydrogens is 296 g/mol. The Morgan fingerprint density at radius 1 is 1.30 bits per heavy atom. The molecule has 1 aromatic carbocycles. The highest BCUT2D eigenvalue weighted by molar-refractivity contribution is 5.84. The number of carbonyl (C=O) groups is 1. The van der Waals surface area contributed by atoms with Gasteiger partial charge in [-0.05, 0) is 31.4 Å². The van der Waals surface area contributed by atoms with Gasteiger partial charge in [-0.2, -0.15) is 0 Å². The second-order valence-electron chi connectivity index (χ2n) is 5.98. The normalized spacial score (nSPS) is 12.5.